The second-order valence-electron chi connectivity index (χ2n) is 6.60. The molecule has 1 aliphatic rings. The molecule has 26 heavy (non-hydrogen) atoms. The number of carboxylic acid groups (broad SMARTS) is 1. The molecule has 0 spiro atoms. The highest BCUT2D eigenvalue weighted by atomic mass is 32.2. The van der Waals surface area contributed by atoms with E-state index in [2.05, 4.69) is 0 Å². The topological polar surface area (TPSA) is 89.9 Å². The van der Waals surface area contributed by atoms with Crippen LogP contribution < -0.4 is 0 Å². The fourth-order valence-corrected chi connectivity index (χ4v) is 3.76. The first-order chi connectivity index (χ1) is 12.4. The molecule has 1 fully saturated rings. The van der Waals surface area contributed by atoms with Gasteiger partial charge in [-0.2, -0.15) is 8.42 Å². The molecule has 0 bridgehead atoms. The van der Waals surface area contributed by atoms with Crippen LogP contribution in [0.1, 0.15) is 31.2 Å². The Morgan fingerprint density at radius 2 is 1.92 bits per heavy atom. The highest BCUT2D eigenvalue weighted by molar-refractivity contribution is 7.86. The predicted molar refractivity (Wildman–Crippen MR) is 97.4 cm³/mol. The van der Waals surface area contributed by atoms with Crippen molar-refractivity contribution in [2.75, 3.05) is 19.8 Å². The molecule has 2 atom stereocenters. The van der Waals surface area contributed by atoms with E-state index in [1.165, 1.54) is 0 Å². The summed E-state index contributed by atoms with van der Waals surface area (Å²) in [5.41, 5.74) is 0.989. The molecule has 1 N–H and O–H groups in total. The minimum absolute atomic E-state index is 0.0268. The lowest BCUT2D eigenvalue weighted by atomic mass is 9.93. The molecular weight excluding hydrogens is 356 g/mol. The minimum atomic E-state index is -3.76. The second kappa shape index (κ2) is 9.85. The maximum Gasteiger partial charge on any atom is 0.303 e. The molecular formula is C19H26O6S. The Bertz CT molecular complexity index is 708. The first-order valence-electron chi connectivity index (χ1n) is 8.79. The Morgan fingerprint density at radius 3 is 2.62 bits per heavy atom. The van der Waals surface area contributed by atoms with E-state index in [0.717, 1.165) is 18.4 Å². The molecule has 0 radical (unpaired) electrons. The first kappa shape index (κ1) is 20.6. The first-order valence-corrected chi connectivity index (χ1v) is 10.2. The lowest BCUT2D eigenvalue weighted by molar-refractivity contribution is -0.137. The van der Waals surface area contributed by atoms with Crippen LogP contribution in [-0.2, 0) is 23.8 Å². The fraction of sp³-hybridized carbons (Fsp3) is 0.526. The van der Waals surface area contributed by atoms with E-state index in [-0.39, 0.29) is 29.8 Å². The summed E-state index contributed by atoms with van der Waals surface area (Å²) >= 11 is 0. The van der Waals surface area contributed by atoms with E-state index in [4.69, 9.17) is 14.0 Å². The fourth-order valence-electron chi connectivity index (χ4n) is 2.80. The van der Waals surface area contributed by atoms with Crippen molar-refractivity contribution in [2.45, 2.75) is 37.5 Å². The maximum absolute atomic E-state index is 12.3. The number of unbranched alkanes of at least 4 members (excludes halogenated alkanes) is 1. The number of rotatable bonds is 10. The van der Waals surface area contributed by atoms with Gasteiger partial charge < -0.3 is 9.84 Å². The van der Waals surface area contributed by atoms with Gasteiger partial charge >= 0.3 is 5.97 Å². The molecule has 0 aliphatic carbocycles. The Hall–Kier alpha value is -1.70. The van der Waals surface area contributed by atoms with Gasteiger partial charge in [-0.05, 0) is 44.2 Å². The number of aliphatic carboxylic acids is 1. The predicted octanol–water partition coefficient (Wildman–Crippen LogP) is 3.16. The number of carboxylic acids is 1. The number of carbonyl (C=O) groups is 1. The van der Waals surface area contributed by atoms with Gasteiger partial charge in [0.1, 0.15) is 0 Å². The van der Waals surface area contributed by atoms with Crippen LogP contribution in [0.4, 0.5) is 0 Å². The van der Waals surface area contributed by atoms with Crippen molar-refractivity contribution in [3.05, 3.63) is 42.0 Å². The maximum atomic E-state index is 12.3. The Balaban J connectivity index is 1.80. The van der Waals surface area contributed by atoms with Crippen molar-refractivity contribution >= 4 is 16.1 Å². The van der Waals surface area contributed by atoms with Crippen LogP contribution in [-0.4, -0.2) is 39.3 Å². The van der Waals surface area contributed by atoms with Gasteiger partial charge in [0.2, 0.25) is 0 Å². The van der Waals surface area contributed by atoms with Crippen molar-refractivity contribution in [3.8, 4) is 0 Å². The third kappa shape index (κ3) is 6.55. The molecule has 2 rings (SSSR count). The summed E-state index contributed by atoms with van der Waals surface area (Å²) in [5, 5.41) is 8.59. The number of ether oxygens (including phenoxy) is 1. The molecule has 144 valence electrons. The third-order valence-corrected chi connectivity index (χ3v) is 5.74. The van der Waals surface area contributed by atoms with Gasteiger partial charge in [0, 0.05) is 12.3 Å². The summed E-state index contributed by atoms with van der Waals surface area (Å²) < 4.78 is 35.3. The zero-order chi connectivity index (χ0) is 19.0. The van der Waals surface area contributed by atoms with Crippen molar-refractivity contribution in [1.82, 2.24) is 0 Å². The van der Waals surface area contributed by atoms with Crippen LogP contribution in [0.2, 0.25) is 0 Å². The van der Waals surface area contributed by atoms with Crippen LogP contribution in [0.3, 0.4) is 0 Å². The average Bonchev–Trinajstić information content (AvgIpc) is 3.04. The number of hydrogen-bond acceptors (Lipinski definition) is 5. The van der Waals surface area contributed by atoms with Gasteiger partial charge in [-0.25, -0.2) is 0 Å². The number of benzene rings is 1. The lowest BCUT2D eigenvalue weighted by Crippen LogP contribution is -2.20. The standard InChI is InChI=1S/C19H26O6S/c1-15-8-10-18(11-9-15)26(22,23)25-14-17-13-24-12-16(17)6-4-2-3-5-7-19(20)21/h2,4,8-11,16-17H,3,5-7,12-14H2,1H3,(H,20,21)/t16-,17-/m0/s1. The van der Waals surface area contributed by atoms with Gasteiger partial charge in [-0.3, -0.25) is 8.98 Å². The van der Waals surface area contributed by atoms with Crippen molar-refractivity contribution < 1.29 is 27.2 Å². The van der Waals surface area contributed by atoms with Crippen LogP contribution in [0.15, 0.2) is 41.3 Å². The molecule has 1 saturated heterocycles. The van der Waals surface area contributed by atoms with Crippen molar-refractivity contribution in [2.24, 2.45) is 11.8 Å². The summed E-state index contributed by atoms with van der Waals surface area (Å²) in [7, 11) is -3.76. The molecule has 0 unspecified atom stereocenters. The largest absolute Gasteiger partial charge is 0.481 e. The summed E-state index contributed by atoms with van der Waals surface area (Å²) in [4.78, 5) is 10.6. The Kier molecular flexibility index (Phi) is 7.81. The summed E-state index contributed by atoms with van der Waals surface area (Å²) in [6, 6.07) is 6.58. The zero-order valence-corrected chi connectivity index (χ0v) is 15.8. The molecule has 7 heteroatoms. The van der Waals surface area contributed by atoms with E-state index in [1.807, 2.05) is 19.1 Å². The van der Waals surface area contributed by atoms with Crippen molar-refractivity contribution in [3.63, 3.8) is 0 Å². The molecule has 0 saturated carbocycles. The molecule has 0 amide bonds. The number of aryl methyl sites for hydroxylation is 1. The van der Waals surface area contributed by atoms with Crippen LogP contribution in [0.5, 0.6) is 0 Å². The van der Waals surface area contributed by atoms with Gasteiger partial charge in [-0.15, -0.1) is 0 Å². The molecule has 1 heterocycles. The van der Waals surface area contributed by atoms with Crippen molar-refractivity contribution in [1.29, 1.82) is 0 Å². The van der Waals surface area contributed by atoms with Gasteiger partial charge in [-0.1, -0.05) is 29.8 Å². The third-order valence-electron chi connectivity index (χ3n) is 4.44. The molecule has 1 aliphatic heterocycles. The van der Waals surface area contributed by atoms with E-state index in [1.54, 1.807) is 24.3 Å². The van der Waals surface area contributed by atoms with Crippen LogP contribution in [0.25, 0.3) is 0 Å². The van der Waals surface area contributed by atoms with Gasteiger partial charge in [0.05, 0.1) is 24.7 Å². The average molecular weight is 382 g/mol. The van der Waals surface area contributed by atoms with E-state index in [9.17, 15) is 13.2 Å². The highest BCUT2D eigenvalue weighted by Crippen LogP contribution is 2.26. The summed E-state index contributed by atoms with van der Waals surface area (Å²) in [6.07, 6.45) is 6.28. The Morgan fingerprint density at radius 1 is 1.23 bits per heavy atom. The van der Waals surface area contributed by atoms with Gasteiger partial charge in [0.15, 0.2) is 0 Å². The Labute approximate surface area is 154 Å². The van der Waals surface area contributed by atoms with E-state index >= 15 is 0 Å². The molecule has 6 nitrogen and oxygen atoms in total. The smallest absolute Gasteiger partial charge is 0.303 e. The SMILES string of the molecule is Cc1ccc(S(=O)(=O)OC[C@@H]2COC[C@@H]2CC=CCCCC(=O)O)cc1. The monoisotopic (exact) mass is 382 g/mol. The van der Waals surface area contributed by atoms with Gasteiger partial charge in [0.25, 0.3) is 10.1 Å². The zero-order valence-electron chi connectivity index (χ0n) is 15.0. The normalized spacial score (nSPS) is 20.7. The summed E-state index contributed by atoms with van der Waals surface area (Å²) in [6.45, 7) is 3.07. The number of allylic oxidation sites excluding steroid dienone is 2. The number of hydrogen-bond donors (Lipinski definition) is 1. The van der Waals surface area contributed by atoms with Crippen LogP contribution >= 0.6 is 0 Å². The minimum Gasteiger partial charge on any atom is -0.481 e. The highest BCUT2D eigenvalue weighted by Gasteiger charge is 2.29. The van der Waals surface area contributed by atoms with Crippen LogP contribution in [0, 0.1) is 18.8 Å². The second-order valence-corrected chi connectivity index (χ2v) is 8.22. The summed E-state index contributed by atoms with van der Waals surface area (Å²) in [5.74, 6) is -0.549. The molecule has 1 aromatic rings. The van der Waals surface area contributed by atoms with E-state index < -0.39 is 16.1 Å². The molecule has 0 aromatic heterocycles. The lowest BCUT2D eigenvalue weighted by Gasteiger charge is -2.16. The quantitative estimate of drug-likeness (QED) is 0.380. The van der Waals surface area contributed by atoms with E-state index in [0.29, 0.717) is 19.6 Å². The molecule has 1 aromatic carbocycles.